The molecule has 1 amide bonds. The molecule has 1 aliphatic rings. The van der Waals surface area contributed by atoms with Crippen LogP contribution < -0.4 is 4.72 Å². The lowest BCUT2D eigenvalue weighted by molar-refractivity contribution is -0.134. The normalized spacial score (nSPS) is 14.9. The number of anilines is 1. The first kappa shape index (κ1) is 21.8. The van der Waals surface area contributed by atoms with Crippen molar-refractivity contribution in [3.8, 4) is 0 Å². The number of likely N-dealkylation sites (tertiary alicyclic amines) is 1. The Bertz CT molecular complexity index is 965. The molecule has 1 fully saturated rings. The fraction of sp³-hybridized carbons (Fsp3) is 0.368. The van der Waals surface area contributed by atoms with Crippen molar-refractivity contribution in [2.45, 2.75) is 29.9 Å². The highest BCUT2D eigenvalue weighted by molar-refractivity contribution is 9.11. The predicted octanol–water partition coefficient (Wildman–Crippen LogP) is 3.87. The summed E-state index contributed by atoms with van der Waals surface area (Å²) in [4.78, 5) is 26.1. The van der Waals surface area contributed by atoms with Gasteiger partial charge in [0.25, 0.3) is 15.9 Å². The van der Waals surface area contributed by atoms with Crippen LogP contribution in [0.1, 0.15) is 36.0 Å². The van der Waals surface area contributed by atoms with Crippen molar-refractivity contribution >= 4 is 54.9 Å². The lowest BCUT2D eigenvalue weighted by Gasteiger charge is -2.19. The average molecular weight is 501 g/mol. The highest BCUT2D eigenvalue weighted by Crippen LogP contribution is 2.27. The fourth-order valence-electron chi connectivity index (χ4n) is 2.94. The van der Waals surface area contributed by atoms with Crippen molar-refractivity contribution in [1.82, 2.24) is 4.90 Å². The maximum Gasteiger partial charge on any atom is 0.338 e. The van der Waals surface area contributed by atoms with Crippen LogP contribution in [0.15, 0.2) is 44.4 Å². The molecule has 2 heterocycles. The minimum Gasteiger partial charge on any atom is -0.452 e. The molecule has 10 heteroatoms. The van der Waals surface area contributed by atoms with Gasteiger partial charge in [0, 0.05) is 18.8 Å². The number of thiophene rings is 1. The topological polar surface area (TPSA) is 92.8 Å². The number of nitrogens with one attached hydrogen (secondary N) is 1. The lowest BCUT2D eigenvalue weighted by Crippen LogP contribution is -2.35. The zero-order valence-corrected chi connectivity index (χ0v) is 18.8. The molecule has 0 aliphatic carbocycles. The maximum atomic E-state index is 12.3. The number of carbonyl (C=O) groups excluding carboxylic acids is 2. The quantitative estimate of drug-likeness (QED) is 0.607. The number of amides is 1. The number of nitrogens with zero attached hydrogens (tertiary/aromatic N) is 1. The molecule has 156 valence electrons. The van der Waals surface area contributed by atoms with Crippen LogP contribution in [-0.2, 0) is 19.6 Å². The van der Waals surface area contributed by atoms with Gasteiger partial charge in [-0.15, -0.1) is 11.3 Å². The Kier molecular flexibility index (Phi) is 7.31. The van der Waals surface area contributed by atoms with Crippen molar-refractivity contribution in [3.05, 3.63) is 45.7 Å². The molecule has 1 aromatic carbocycles. The number of esters is 1. The number of benzene rings is 1. The molecule has 0 bridgehead atoms. The summed E-state index contributed by atoms with van der Waals surface area (Å²) in [6.45, 7) is 1.11. The number of carbonyl (C=O) groups is 2. The SMILES string of the molecule is O=C(OCC(=O)N1CCCCCC1)c1ccc(NS(=O)(=O)c2ccc(Br)s2)cc1. The highest BCUT2D eigenvalue weighted by Gasteiger charge is 2.19. The van der Waals surface area contributed by atoms with Crippen LogP contribution in [0.25, 0.3) is 0 Å². The first-order chi connectivity index (χ1) is 13.8. The molecule has 3 rings (SSSR count). The van der Waals surface area contributed by atoms with E-state index in [0.29, 0.717) is 22.6 Å². The van der Waals surface area contributed by atoms with E-state index in [1.54, 1.807) is 11.0 Å². The third-order valence-electron chi connectivity index (χ3n) is 4.47. The summed E-state index contributed by atoms with van der Waals surface area (Å²) in [6, 6.07) is 9.04. The van der Waals surface area contributed by atoms with Gasteiger partial charge in [-0.2, -0.15) is 0 Å². The van der Waals surface area contributed by atoms with Crippen LogP contribution in [0.4, 0.5) is 5.69 Å². The summed E-state index contributed by atoms with van der Waals surface area (Å²) in [7, 11) is -3.69. The molecule has 1 N–H and O–H groups in total. The second-order valence-corrected chi connectivity index (χ2v) is 11.0. The highest BCUT2D eigenvalue weighted by atomic mass is 79.9. The van der Waals surface area contributed by atoms with E-state index in [0.717, 1.165) is 37.0 Å². The molecule has 0 spiro atoms. The van der Waals surface area contributed by atoms with E-state index in [1.807, 2.05) is 0 Å². The van der Waals surface area contributed by atoms with Crippen molar-refractivity contribution in [2.24, 2.45) is 0 Å². The minimum absolute atomic E-state index is 0.180. The van der Waals surface area contributed by atoms with Crippen LogP contribution in [-0.4, -0.2) is 44.9 Å². The Morgan fingerprint density at radius 3 is 2.28 bits per heavy atom. The predicted molar refractivity (Wildman–Crippen MR) is 115 cm³/mol. The zero-order chi connectivity index (χ0) is 20.9. The first-order valence-electron chi connectivity index (χ1n) is 9.18. The molecular weight excluding hydrogens is 480 g/mol. The van der Waals surface area contributed by atoms with E-state index in [1.165, 1.54) is 30.3 Å². The van der Waals surface area contributed by atoms with Gasteiger partial charge < -0.3 is 9.64 Å². The Balaban J connectivity index is 1.55. The van der Waals surface area contributed by atoms with Crippen LogP contribution in [0, 0.1) is 0 Å². The summed E-state index contributed by atoms with van der Waals surface area (Å²) >= 11 is 4.34. The van der Waals surface area contributed by atoms with Crippen LogP contribution >= 0.6 is 27.3 Å². The van der Waals surface area contributed by atoms with E-state index >= 15 is 0 Å². The van der Waals surface area contributed by atoms with E-state index in [4.69, 9.17) is 4.74 Å². The maximum absolute atomic E-state index is 12.3. The van der Waals surface area contributed by atoms with Gasteiger partial charge in [0.2, 0.25) is 0 Å². The van der Waals surface area contributed by atoms with Crippen LogP contribution in [0.3, 0.4) is 0 Å². The van der Waals surface area contributed by atoms with Gasteiger partial charge in [0.15, 0.2) is 6.61 Å². The third-order valence-corrected chi connectivity index (χ3v) is 7.97. The molecule has 0 unspecified atom stereocenters. The van der Waals surface area contributed by atoms with Crippen molar-refractivity contribution in [2.75, 3.05) is 24.4 Å². The number of hydrogen-bond donors (Lipinski definition) is 1. The summed E-state index contributed by atoms with van der Waals surface area (Å²) in [5.41, 5.74) is 0.571. The monoisotopic (exact) mass is 500 g/mol. The van der Waals surface area contributed by atoms with Gasteiger partial charge in [-0.1, -0.05) is 12.8 Å². The number of sulfonamides is 1. The Morgan fingerprint density at radius 2 is 1.69 bits per heavy atom. The Hall–Kier alpha value is -1.91. The summed E-state index contributed by atoms with van der Waals surface area (Å²) < 4.78 is 33.1. The smallest absolute Gasteiger partial charge is 0.338 e. The van der Waals surface area contributed by atoms with E-state index < -0.39 is 16.0 Å². The van der Waals surface area contributed by atoms with Crippen LogP contribution in [0.2, 0.25) is 0 Å². The van der Waals surface area contributed by atoms with E-state index in [2.05, 4.69) is 20.7 Å². The van der Waals surface area contributed by atoms with E-state index in [-0.39, 0.29) is 22.3 Å². The summed E-state index contributed by atoms with van der Waals surface area (Å²) in [5, 5.41) is 0. The average Bonchev–Trinajstić information content (AvgIpc) is 2.97. The molecule has 2 aromatic rings. The molecule has 1 aliphatic heterocycles. The number of halogens is 1. The number of hydrogen-bond acceptors (Lipinski definition) is 6. The van der Waals surface area contributed by atoms with Crippen molar-refractivity contribution < 1.29 is 22.7 Å². The van der Waals surface area contributed by atoms with Gasteiger partial charge in [-0.3, -0.25) is 9.52 Å². The minimum atomic E-state index is -3.69. The van der Waals surface area contributed by atoms with Gasteiger partial charge in [0.05, 0.1) is 9.35 Å². The largest absolute Gasteiger partial charge is 0.452 e. The van der Waals surface area contributed by atoms with Gasteiger partial charge in [0.1, 0.15) is 4.21 Å². The standard InChI is InChI=1S/C19H21BrN2O5S2/c20-16-9-10-18(28-16)29(25,26)21-15-7-5-14(6-8-15)19(24)27-13-17(23)22-11-3-1-2-4-12-22/h5-10,21H,1-4,11-13H2. The Labute approximate surface area is 182 Å². The van der Waals surface area contributed by atoms with Gasteiger partial charge in [-0.05, 0) is 65.2 Å². The second kappa shape index (κ2) is 9.73. The molecule has 0 saturated carbocycles. The molecule has 1 saturated heterocycles. The molecule has 1 aromatic heterocycles. The molecule has 7 nitrogen and oxygen atoms in total. The van der Waals surface area contributed by atoms with Crippen molar-refractivity contribution in [3.63, 3.8) is 0 Å². The van der Waals surface area contributed by atoms with E-state index in [9.17, 15) is 18.0 Å². The van der Waals surface area contributed by atoms with Crippen molar-refractivity contribution in [1.29, 1.82) is 0 Å². The summed E-state index contributed by atoms with van der Waals surface area (Å²) in [6.07, 6.45) is 4.17. The number of rotatable bonds is 6. The van der Waals surface area contributed by atoms with Gasteiger partial charge >= 0.3 is 5.97 Å². The fourth-order valence-corrected chi connectivity index (χ4v) is 6.01. The molecule has 0 atom stereocenters. The first-order valence-corrected chi connectivity index (χ1v) is 12.3. The molecule has 0 radical (unpaired) electrons. The summed E-state index contributed by atoms with van der Waals surface area (Å²) in [5.74, 6) is -0.809. The molecular formula is C19H21BrN2O5S2. The van der Waals surface area contributed by atoms with Crippen LogP contribution in [0.5, 0.6) is 0 Å². The Morgan fingerprint density at radius 1 is 1.03 bits per heavy atom. The lowest BCUT2D eigenvalue weighted by atomic mass is 10.2. The third kappa shape index (κ3) is 6.03. The molecule has 29 heavy (non-hydrogen) atoms. The zero-order valence-electron chi connectivity index (χ0n) is 15.6. The van der Waals surface area contributed by atoms with Gasteiger partial charge in [-0.25, -0.2) is 13.2 Å². The number of ether oxygens (including phenoxy) is 1. The second-order valence-electron chi connectivity index (χ2n) is 6.61.